The Kier molecular flexibility index (Phi) is 3.78. The van der Waals surface area contributed by atoms with Crippen molar-refractivity contribution in [1.29, 1.82) is 0 Å². The fourth-order valence-electron chi connectivity index (χ4n) is 2.24. The normalized spacial score (nSPS) is 32.0. The lowest BCUT2D eigenvalue weighted by atomic mass is 9.98. The van der Waals surface area contributed by atoms with E-state index in [2.05, 4.69) is 20.4 Å². The van der Waals surface area contributed by atoms with Gasteiger partial charge in [0, 0.05) is 6.61 Å². The van der Waals surface area contributed by atoms with Gasteiger partial charge in [-0.1, -0.05) is 20.4 Å². The van der Waals surface area contributed by atoms with E-state index < -0.39 is 0 Å². The summed E-state index contributed by atoms with van der Waals surface area (Å²) in [7, 11) is -0.00366. The third-order valence-electron chi connectivity index (χ3n) is 2.86. The van der Waals surface area contributed by atoms with Crippen LogP contribution in [0.15, 0.2) is 0 Å². The number of rotatable bonds is 3. The van der Waals surface area contributed by atoms with Gasteiger partial charge in [-0.3, -0.25) is 0 Å². The van der Waals surface area contributed by atoms with Crippen LogP contribution < -0.4 is 0 Å². The van der Waals surface area contributed by atoms with Gasteiger partial charge >= 0.3 is 0 Å². The maximum atomic E-state index is 5.99. The molecule has 1 nitrogen and oxygen atoms in total. The first-order chi connectivity index (χ1) is 5.68. The highest BCUT2D eigenvalue weighted by Crippen LogP contribution is 2.30. The predicted molar refractivity (Wildman–Crippen MR) is 56.4 cm³/mol. The Morgan fingerprint density at radius 2 is 2.17 bits per heavy atom. The Hall–Kier alpha value is 0.177. The summed E-state index contributed by atoms with van der Waals surface area (Å²) in [5, 5.41) is 0.381. The molecule has 72 valence electrons. The molecule has 0 saturated carbocycles. The lowest BCUT2D eigenvalue weighted by Gasteiger charge is -2.38. The molecule has 1 unspecified atom stereocenters. The van der Waals surface area contributed by atoms with E-state index >= 15 is 0 Å². The van der Waals surface area contributed by atoms with E-state index in [-0.39, 0.29) is 9.52 Å². The topological polar surface area (TPSA) is 9.23 Å². The van der Waals surface area contributed by atoms with Crippen LogP contribution in [0.25, 0.3) is 0 Å². The lowest BCUT2D eigenvalue weighted by Crippen LogP contribution is -2.42. The molecular formula is C10H22OSi. The molecule has 0 aliphatic carbocycles. The van der Waals surface area contributed by atoms with Crippen molar-refractivity contribution < 1.29 is 4.74 Å². The summed E-state index contributed by atoms with van der Waals surface area (Å²) >= 11 is 0. The molecule has 1 aliphatic rings. The molecule has 0 aromatic heterocycles. The Bertz CT molecular complexity index is 128. The van der Waals surface area contributed by atoms with Crippen LogP contribution >= 0.6 is 0 Å². The minimum atomic E-state index is -0.00366. The van der Waals surface area contributed by atoms with Gasteiger partial charge in [-0.15, -0.1) is 0 Å². The molecule has 1 aliphatic heterocycles. The Labute approximate surface area is 78.7 Å². The van der Waals surface area contributed by atoms with E-state index in [0.29, 0.717) is 5.22 Å². The van der Waals surface area contributed by atoms with Gasteiger partial charge in [-0.25, -0.2) is 0 Å². The van der Waals surface area contributed by atoms with Gasteiger partial charge in [0.25, 0.3) is 0 Å². The standard InChI is InChI=1S/C10H22OSi/c1-9(2)8-10(12-3)6-4-5-7-11-10/h9H,4-8,12H2,1-3H3. The molecule has 0 spiro atoms. The number of ether oxygens (including phenoxy) is 1. The maximum Gasteiger partial charge on any atom is 0.0564 e. The molecular weight excluding hydrogens is 164 g/mol. The second-order valence-corrected chi connectivity index (χ2v) is 6.44. The minimum Gasteiger partial charge on any atom is -0.379 e. The van der Waals surface area contributed by atoms with Crippen molar-refractivity contribution in [2.75, 3.05) is 6.61 Å². The number of hydrogen-bond acceptors (Lipinski definition) is 1. The van der Waals surface area contributed by atoms with Crippen LogP contribution in [-0.4, -0.2) is 21.4 Å². The summed E-state index contributed by atoms with van der Waals surface area (Å²) in [6, 6.07) is 0. The highest BCUT2D eigenvalue weighted by molar-refractivity contribution is 6.37. The third-order valence-corrected chi connectivity index (χ3v) is 4.99. The van der Waals surface area contributed by atoms with Crippen molar-refractivity contribution in [3.05, 3.63) is 0 Å². The van der Waals surface area contributed by atoms with E-state index in [4.69, 9.17) is 4.74 Å². The zero-order chi connectivity index (χ0) is 9.03. The van der Waals surface area contributed by atoms with Crippen LogP contribution in [0.5, 0.6) is 0 Å². The van der Waals surface area contributed by atoms with Crippen LogP contribution in [-0.2, 0) is 4.74 Å². The molecule has 0 N–H and O–H groups in total. The Morgan fingerprint density at radius 3 is 2.58 bits per heavy atom. The average Bonchev–Trinajstić information content (AvgIpc) is 2.05. The van der Waals surface area contributed by atoms with Crippen molar-refractivity contribution in [2.45, 2.75) is 51.3 Å². The summed E-state index contributed by atoms with van der Waals surface area (Å²) in [6.07, 6.45) is 5.32. The largest absolute Gasteiger partial charge is 0.379 e. The molecule has 1 atom stereocenters. The summed E-state index contributed by atoms with van der Waals surface area (Å²) < 4.78 is 5.99. The minimum absolute atomic E-state index is 0.00366. The first-order valence-corrected chi connectivity index (χ1v) is 7.44. The van der Waals surface area contributed by atoms with Gasteiger partial charge in [0.2, 0.25) is 0 Å². The average molecular weight is 186 g/mol. The second-order valence-electron chi connectivity index (χ2n) is 4.44. The Balaban J connectivity index is 2.48. The van der Waals surface area contributed by atoms with E-state index in [1.54, 1.807) is 0 Å². The molecule has 1 heterocycles. The SMILES string of the molecule is C[SiH2]C1(CC(C)C)CCCCO1. The molecule has 2 heteroatoms. The molecule has 1 saturated heterocycles. The van der Waals surface area contributed by atoms with Gasteiger partial charge in [-0.2, -0.15) is 0 Å². The summed E-state index contributed by atoms with van der Waals surface area (Å²) in [6.45, 7) is 8.04. The number of hydrogen-bond donors (Lipinski definition) is 0. The van der Waals surface area contributed by atoms with E-state index in [1.807, 2.05) is 0 Å². The van der Waals surface area contributed by atoms with Crippen LogP contribution in [0, 0.1) is 5.92 Å². The first-order valence-electron chi connectivity index (χ1n) is 5.32. The predicted octanol–water partition coefficient (Wildman–Crippen LogP) is 2.15. The van der Waals surface area contributed by atoms with E-state index in [1.165, 1.54) is 25.7 Å². The Morgan fingerprint density at radius 1 is 1.42 bits per heavy atom. The zero-order valence-corrected chi connectivity index (χ0v) is 10.1. The smallest absolute Gasteiger partial charge is 0.0564 e. The van der Waals surface area contributed by atoms with Crippen LogP contribution in [0.4, 0.5) is 0 Å². The van der Waals surface area contributed by atoms with Gasteiger partial charge in [-0.05, 0) is 31.6 Å². The first kappa shape index (κ1) is 10.3. The quantitative estimate of drug-likeness (QED) is 0.614. The van der Waals surface area contributed by atoms with Crippen molar-refractivity contribution >= 4 is 9.52 Å². The lowest BCUT2D eigenvalue weighted by molar-refractivity contribution is -0.0320. The van der Waals surface area contributed by atoms with Crippen molar-refractivity contribution in [2.24, 2.45) is 5.92 Å². The highest BCUT2D eigenvalue weighted by atomic mass is 28.2. The van der Waals surface area contributed by atoms with Crippen molar-refractivity contribution in [3.8, 4) is 0 Å². The molecule has 0 aromatic carbocycles. The monoisotopic (exact) mass is 186 g/mol. The van der Waals surface area contributed by atoms with Crippen LogP contribution in [0.3, 0.4) is 0 Å². The van der Waals surface area contributed by atoms with Gasteiger partial charge in [0.15, 0.2) is 0 Å². The van der Waals surface area contributed by atoms with Crippen molar-refractivity contribution in [1.82, 2.24) is 0 Å². The van der Waals surface area contributed by atoms with Crippen LogP contribution in [0.1, 0.15) is 39.5 Å². The fourth-order valence-corrected chi connectivity index (χ4v) is 4.06. The molecule has 0 aromatic rings. The zero-order valence-electron chi connectivity index (χ0n) is 8.73. The fraction of sp³-hybridized carbons (Fsp3) is 1.00. The summed E-state index contributed by atoms with van der Waals surface area (Å²) in [5.41, 5.74) is 0. The van der Waals surface area contributed by atoms with Gasteiger partial charge in [0.1, 0.15) is 0 Å². The van der Waals surface area contributed by atoms with Gasteiger partial charge < -0.3 is 4.74 Å². The highest BCUT2D eigenvalue weighted by Gasteiger charge is 2.31. The second kappa shape index (κ2) is 4.42. The summed E-state index contributed by atoms with van der Waals surface area (Å²) in [4.78, 5) is 0. The molecule has 1 rings (SSSR count). The van der Waals surface area contributed by atoms with Gasteiger partial charge in [0.05, 0.1) is 14.7 Å². The summed E-state index contributed by atoms with van der Waals surface area (Å²) in [5.74, 6) is 0.801. The van der Waals surface area contributed by atoms with Crippen LogP contribution in [0.2, 0.25) is 6.55 Å². The molecule has 0 bridgehead atoms. The van der Waals surface area contributed by atoms with E-state index in [0.717, 1.165) is 12.5 Å². The molecule has 12 heavy (non-hydrogen) atoms. The van der Waals surface area contributed by atoms with Crippen molar-refractivity contribution in [3.63, 3.8) is 0 Å². The van der Waals surface area contributed by atoms with E-state index in [9.17, 15) is 0 Å². The maximum absolute atomic E-state index is 5.99. The molecule has 0 radical (unpaired) electrons. The third kappa shape index (κ3) is 2.59. The molecule has 1 fully saturated rings. The molecule has 0 amide bonds.